The summed E-state index contributed by atoms with van der Waals surface area (Å²) >= 11 is 0. The van der Waals surface area contributed by atoms with Gasteiger partial charge < -0.3 is 10.5 Å². The zero-order valence-corrected chi connectivity index (χ0v) is 13.2. The molecule has 1 aromatic carbocycles. The molecule has 1 aliphatic rings. The van der Waals surface area contributed by atoms with Crippen LogP contribution in [0.1, 0.15) is 39.0 Å². The molecular weight excluding hydrogens is 288 g/mol. The predicted octanol–water partition coefficient (Wildman–Crippen LogP) is 2.02. The van der Waals surface area contributed by atoms with Crippen LogP contribution in [0.2, 0.25) is 0 Å². The van der Waals surface area contributed by atoms with E-state index in [1.54, 1.807) is 24.3 Å². The number of rotatable bonds is 6. The minimum absolute atomic E-state index is 0.0272. The topological polar surface area (TPSA) is 81.4 Å². The highest BCUT2D eigenvalue weighted by molar-refractivity contribution is 7.89. The van der Waals surface area contributed by atoms with Crippen LogP contribution in [0.5, 0.6) is 5.75 Å². The van der Waals surface area contributed by atoms with Crippen LogP contribution in [-0.2, 0) is 10.0 Å². The third-order valence-electron chi connectivity index (χ3n) is 3.72. The average molecular weight is 312 g/mol. The van der Waals surface area contributed by atoms with Crippen LogP contribution in [-0.4, -0.2) is 27.1 Å². The maximum atomic E-state index is 12.0. The van der Waals surface area contributed by atoms with Gasteiger partial charge >= 0.3 is 0 Å². The Morgan fingerprint density at radius 2 is 1.90 bits per heavy atom. The summed E-state index contributed by atoms with van der Waals surface area (Å²) in [7, 11) is -3.41. The maximum absolute atomic E-state index is 12.0. The van der Waals surface area contributed by atoms with Crippen LogP contribution >= 0.6 is 0 Å². The zero-order chi connectivity index (χ0) is 15.3. The molecule has 2 atom stereocenters. The van der Waals surface area contributed by atoms with E-state index < -0.39 is 10.0 Å². The molecule has 0 radical (unpaired) electrons. The molecule has 0 saturated heterocycles. The summed E-state index contributed by atoms with van der Waals surface area (Å²) < 4.78 is 32.4. The molecular formula is C15H24N2O3S. The Morgan fingerprint density at radius 1 is 1.24 bits per heavy atom. The molecule has 0 spiro atoms. The maximum Gasteiger partial charge on any atom is 0.240 e. The highest BCUT2D eigenvalue weighted by Gasteiger charge is 2.23. The van der Waals surface area contributed by atoms with Gasteiger partial charge in [0.25, 0.3) is 0 Å². The third kappa shape index (κ3) is 4.43. The molecule has 0 bridgehead atoms. The fourth-order valence-corrected chi connectivity index (χ4v) is 3.60. The van der Waals surface area contributed by atoms with Gasteiger partial charge in [0, 0.05) is 12.6 Å². The molecule has 5 nitrogen and oxygen atoms in total. The fourth-order valence-electron chi connectivity index (χ4n) is 2.46. The van der Waals surface area contributed by atoms with E-state index in [1.165, 1.54) is 0 Å². The van der Waals surface area contributed by atoms with Gasteiger partial charge in [0.1, 0.15) is 11.9 Å². The van der Waals surface area contributed by atoms with Gasteiger partial charge in [-0.3, -0.25) is 0 Å². The van der Waals surface area contributed by atoms with E-state index in [4.69, 9.17) is 10.5 Å². The summed E-state index contributed by atoms with van der Waals surface area (Å²) in [5, 5.41) is 0. The highest BCUT2D eigenvalue weighted by atomic mass is 32.2. The Balaban J connectivity index is 2.01. The van der Waals surface area contributed by atoms with E-state index >= 15 is 0 Å². The first-order valence-corrected chi connectivity index (χ1v) is 9.03. The van der Waals surface area contributed by atoms with Crippen LogP contribution in [0, 0.1) is 0 Å². The van der Waals surface area contributed by atoms with Gasteiger partial charge in [0.15, 0.2) is 0 Å². The van der Waals surface area contributed by atoms with E-state index in [1.807, 2.05) is 6.92 Å². The van der Waals surface area contributed by atoms with Crippen molar-refractivity contribution in [2.24, 2.45) is 5.73 Å². The lowest BCUT2D eigenvalue weighted by molar-refractivity contribution is 0.132. The number of nitrogens with two attached hydrogens (primary N) is 1. The number of benzene rings is 1. The van der Waals surface area contributed by atoms with Crippen molar-refractivity contribution in [3.63, 3.8) is 0 Å². The molecule has 0 aromatic heterocycles. The molecule has 0 amide bonds. The monoisotopic (exact) mass is 312 g/mol. The van der Waals surface area contributed by atoms with Crippen LogP contribution in [0.25, 0.3) is 0 Å². The second kappa shape index (κ2) is 7.24. The first-order valence-electron chi connectivity index (χ1n) is 7.55. The zero-order valence-electron chi connectivity index (χ0n) is 12.4. The second-order valence-electron chi connectivity index (χ2n) is 5.47. The van der Waals surface area contributed by atoms with Crippen molar-refractivity contribution < 1.29 is 13.2 Å². The van der Waals surface area contributed by atoms with Crippen LogP contribution in [0.3, 0.4) is 0 Å². The smallest absolute Gasteiger partial charge is 0.240 e. The van der Waals surface area contributed by atoms with Gasteiger partial charge in [0.2, 0.25) is 10.0 Å². The van der Waals surface area contributed by atoms with E-state index in [-0.39, 0.29) is 17.0 Å². The van der Waals surface area contributed by atoms with E-state index in [0.717, 1.165) is 32.1 Å². The summed E-state index contributed by atoms with van der Waals surface area (Å²) in [6.45, 7) is 2.37. The molecule has 2 rings (SSSR count). The van der Waals surface area contributed by atoms with Crippen molar-refractivity contribution in [3.05, 3.63) is 24.3 Å². The second-order valence-corrected chi connectivity index (χ2v) is 7.24. The summed E-state index contributed by atoms with van der Waals surface area (Å²) in [5.74, 6) is 0.673. The van der Waals surface area contributed by atoms with Gasteiger partial charge in [-0.05, 0) is 49.9 Å². The van der Waals surface area contributed by atoms with Gasteiger partial charge in [-0.25, -0.2) is 13.1 Å². The third-order valence-corrected chi connectivity index (χ3v) is 5.19. The molecule has 118 valence electrons. The van der Waals surface area contributed by atoms with E-state index in [2.05, 4.69) is 4.72 Å². The van der Waals surface area contributed by atoms with Crippen molar-refractivity contribution in [1.29, 1.82) is 0 Å². The summed E-state index contributed by atoms with van der Waals surface area (Å²) in [6.07, 6.45) is 5.02. The van der Waals surface area contributed by atoms with Crippen molar-refractivity contribution in [2.75, 3.05) is 6.54 Å². The van der Waals surface area contributed by atoms with Crippen molar-refractivity contribution >= 4 is 10.0 Å². The number of nitrogens with one attached hydrogen (secondary N) is 1. The fraction of sp³-hybridized carbons (Fsp3) is 0.600. The predicted molar refractivity (Wildman–Crippen MR) is 82.8 cm³/mol. The van der Waals surface area contributed by atoms with Gasteiger partial charge in [-0.2, -0.15) is 0 Å². The molecule has 0 aliphatic heterocycles. The molecule has 6 heteroatoms. The number of hydrogen-bond acceptors (Lipinski definition) is 4. The molecule has 21 heavy (non-hydrogen) atoms. The summed E-state index contributed by atoms with van der Waals surface area (Å²) in [5.41, 5.74) is 6.05. The SMILES string of the molecule is CCCNS(=O)(=O)c1ccc(OC2CCCCC2N)cc1. The Kier molecular flexibility index (Phi) is 5.61. The summed E-state index contributed by atoms with van der Waals surface area (Å²) in [4.78, 5) is 0.260. The van der Waals surface area contributed by atoms with E-state index in [9.17, 15) is 8.42 Å². The molecule has 0 heterocycles. The number of hydrogen-bond donors (Lipinski definition) is 2. The van der Waals surface area contributed by atoms with Gasteiger partial charge in [-0.15, -0.1) is 0 Å². The Bertz CT molecular complexity index is 543. The van der Waals surface area contributed by atoms with Gasteiger partial charge in [-0.1, -0.05) is 13.3 Å². The normalized spacial score (nSPS) is 23.0. The largest absolute Gasteiger partial charge is 0.489 e. The van der Waals surface area contributed by atoms with Gasteiger partial charge in [0.05, 0.1) is 4.90 Å². The van der Waals surface area contributed by atoms with Crippen molar-refractivity contribution in [3.8, 4) is 5.75 Å². The molecule has 1 fully saturated rings. The van der Waals surface area contributed by atoms with Crippen molar-refractivity contribution in [2.45, 2.75) is 56.1 Å². The lowest BCUT2D eigenvalue weighted by Gasteiger charge is -2.29. The standard InChI is InChI=1S/C15H24N2O3S/c1-2-11-17-21(18,19)13-9-7-12(8-10-13)20-15-6-4-3-5-14(15)16/h7-10,14-15,17H,2-6,11,16H2,1H3. The number of ether oxygens (including phenoxy) is 1. The first-order chi connectivity index (χ1) is 10.0. The Morgan fingerprint density at radius 3 is 2.52 bits per heavy atom. The molecule has 2 unspecified atom stereocenters. The highest BCUT2D eigenvalue weighted by Crippen LogP contribution is 2.23. The molecule has 1 saturated carbocycles. The van der Waals surface area contributed by atoms with Crippen LogP contribution < -0.4 is 15.2 Å². The Hall–Kier alpha value is -1.11. The summed E-state index contributed by atoms with van der Waals surface area (Å²) in [6, 6.07) is 6.60. The number of sulfonamides is 1. The quantitative estimate of drug-likeness (QED) is 0.842. The minimum atomic E-state index is -3.41. The first kappa shape index (κ1) is 16.3. The lowest BCUT2D eigenvalue weighted by Crippen LogP contribution is -2.41. The Labute approximate surface area is 126 Å². The minimum Gasteiger partial charge on any atom is -0.489 e. The lowest BCUT2D eigenvalue weighted by atomic mass is 9.93. The molecule has 1 aliphatic carbocycles. The molecule has 3 N–H and O–H groups in total. The van der Waals surface area contributed by atoms with Crippen LogP contribution in [0.15, 0.2) is 29.2 Å². The molecule has 1 aromatic rings. The van der Waals surface area contributed by atoms with E-state index in [0.29, 0.717) is 12.3 Å². The van der Waals surface area contributed by atoms with Crippen LogP contribution in [0.4, 0.5) is 0 Å². The average Bonchev–Trinajstić information content (AvgIpc) is 2.48. The van der Waals surface area contributed by atoms with Crippen molar-refractivity contribution in [1.82, 2.24) is 4.72 Å².